The number of nitrogens with zero attached hydrogens (tertiary/aromatic N) is 5. The topological polar surface area (TPSA) is 154 Å². The largest absolute Gasteiger partial charge is 0.365 e. The van der Waals surface area contributed by atoms with E-state index < -0.39 is 11.3 Å². The maximum atomic E-state index is 13.1. The van der Waals surface area contributed by atoms with Crippen molar-refractivity contribution in [2.24, 2.45) is 11.7 Å². The third-order valence-electron chi connectivity index (χ3n) is 7.72. The summed E-state index contributed by atoms with van der Waals surface area (Å²) < 4.78 is 0. The van der Waals surface area contributed by atoms with Gasteiger partial charge in [0.15, 0.2) is 5.82 Å². The normalized spacial score (nSPS) is 26.9. The molecule has 2 unspecified atom stereocenters. The molecule has 186 valence electrons. The lowest BCUT2D eigenvalue weighted by atomic mass is 9.76. The SMILES string of the molecule is C[C@H](CC1(c2nn[nH]n2)c2sccc2CCc2cc(C(N)=O)sc21)NCC(=O)N1C(C#N)C[C@@H]2C[C@@H]21. The van der Waals surface area contributed by atoms with Gasteiger partial charge in [0.2, 0.25) is 5.91 Å². The first-order valence-electron chi connectivity index (χ1n) is 12.1. The van der Waals surface area contributed by atoms with Gasteiger partial charge in [-0.2, -0.15) is 10.5 Å². The highest BCUT2D eigenvalue weighted by molar-refractivity contribution is 7.15. The number of thiophene rings is 2. The third-order valence-corrected chi connectivity index (χ3v) is 10.2. The molecule has 2 aliphatic carbocycles. The van der Waals surface area contributed by atoms with Gasteiger partial charge in [0, 0.05) is 21.8 Å². The number of hydrogen-bond acceptors (Lipinski definition) is 9. The molecule has 0 aromatic carbocycles. The number of aromatic amines is 1. The minimum Gasteiger partial charge on any atom is -0.365 e. The summed E-state index contributed by atoms with van der Waals surface area (Å²) in [5.74, 6) is 0.543. The summed E-state index contributed by atoms with van der Waals surface area (Å²) in [7, 11) is 0. The Hall–Kier alpha value is -3.14. The molecule has 0 bridgehead atoms. The molecule has 5 atom stereocenters. The van der Waals surface area contributed by atoms with Crippen molar-refractivity contribution in [1.29, 1.82) is 5.26 Å². The van der Waals surface area contributed by atoms with Crippen LogP contribution < -0.4 is 11.1 Å². The van der Waals surface area contributed by atoms with Gasteiger partial charge in [-0.1, -0.05) is 5.21 Å². The quantitative estimate of drug-likeness (QED) is 0.427. The van der Waals surface area contributed by atoms with Gasteiger partial charge in [-0.05, 0) is 73.6 Å². The van der Waals surface area contributed by atoms with Crippen LogP contribution in [0.15, 0.2) is 17.5 Å². The molecule has 3 aliphatic rings. The second-order valence-electron chi connectivity index (χ2n) is 9.98. The number of aryl methyl sites for hydroxylation is 2. The number of nitrogens with two attached hydrogens (primary N) is 1. The summed E-state index contributed by atoms with van der Waals surface area (Å²) in [6, 6.07) is 6.13. The number of piperidine rings is 1. The van der Waals surface area contributed by atoms with Crippen LogP contribution in [-0.4, -0.2) is 62.0 Å². The van der Waals surface area contributed by atoms with E-state index in [1.165, 1.54) is 16.9 Å². The Bertz CT molecular complexity index is 1360. The van der Waals surface area contributed by atoms with E-state index in [1.807, 2.05) is 13.0 Å². The second-order valence-corrected chi connectivity index (χ2v) is 11.9. The number of H-pyrrole nitrogens is 1. The summed E-state index contributed by atoms with van der Waals surface area (Å²) in [6.45, 7) is 2.20. The Balaban J connectivity index is 1.33. The summed E-state index contributed by atoms with van der Waals surface area (Å²) in [4.78, 5) is 29.6. The van der Waals surface area contributed by atoms with Crippen LogP contribution in [-0.2, 0) is 23.1 Å². The van der Waals surface area contributed by atoms with Crippen LogP contribution in [0.4, 0.5) is 0 Å². The molecule has 12 heteroatoms. The van der Waals surface area contributed by atoms with Gasteiger partial charge >= 0.3 is 0 Å². The Morgan fingerprint density at radius 2 is 2.19 bits per heavy atom. The van der Waals surface area contributed by atoms with E-state index in [4.69, 9.17) is 5.73 Å². The molecular weight excluding hydrogens is 496 g/mol. The number of carbonyl (C=O) groups is 2. The van der Waals surface area contributed by atoms with Crippen molar-refractivity contribution in [1.82, 2.24) is 30.8 Å². The molecule has 10 nitrogen and oxygen atoms in total. The van der Waals surface area contributed by atoms with Crippen LogP contribution >= 0.6 is 22.7 Å². The average molecular weight is 523 g/mol. The Morgan fingerprint density at radius 3 is 2.94 bits per heavy atom. The van der Waals surface area contributed by atoms with Crippen LogP contribution in [0.5, 0.6) is 0 Å². The number of rotatable bonds is 7. The van der Waals surface area contributed by atoms with Crippen LogP contribution in [0.3, 0.4) is 0 Å². The fourth-order valence-corrected chi connectivity index (χ4v) is 8.51. The first kappa shape index (κ1) is 23.3. The fraction of sp³-hybridized carbons (Fsp3) is 0.500. The molecule has 1 aliphatic heterocycles. The predicted molar refractivity (Wildman–Crippen MR) is 133 cm³/mol. The van der Waals surface area contributed by atoms with E-state index in [-0.39, 0.29) is 30.6 Å². The molecule has 3 aromatic rings. The smallest absolute Gasteiger partial charge is 0.258 e. The third kappa shape index (κ3) is 3.65. The van der Waals surface area contributed by atoms with Crippen LogP contribution in [0.1, 0.15) is 62.6 Å². The lowest BCUT2D eigenvalue weighted by molar-refractivity contribution is -0.131. The molecule has 1 saturated carbocycles. The van der Waals surface area contributed by atoms with Gasteiger partial charge in [0.25, 0.3) is 5.91 Å². The van der Waals surface area contributed by atoms with Crippen molar-refractivity contribution >= 4 is 34.5 Å². The summed E-state index contributed by atoms with van der Waals surface area (Å²) >= 11 is 3.05. The highest BCUT2D eigenvalue weighted by Gasteiger charge is 2.54. The minimum absolute atomic E-state index is 0.0301. The molecule has 4 heterocycles. The molecule has 36 heavy (non-hydrogen) atoms. The Labute approximate surface area is 215 Å². The number of nitriles is 1. The molecular formula is C24H26N8O2S2. The molecule has 0 spiro atoms. The van der Waals surface area contributed by atoms with E-state index in [9.17, 15) is 14.9 Å². The van der Waals surface area contributed by atoms with Crippen molar-refractivity contribution in [2.45, 2.75) is 62.6 Å². The molecule has 6 rings (SSSR count). The van der Waals surface area contributed by atoms with Gasteiger partial charge in [-0.3, -0.25) is 9.59 Å². The number of hydrogen-bond donors (Lipinski definition) is 3. The standard InChI is InChI=1S/C24H26N8O2S2/c1-12(27-11-19(33)32-16(10-25)6-15-7-17(15)32)9-24(23-28-30-31-29-23)20-13(4-5-35-20)2-3-14-8-18(22(26)34)36-21(14)24/h4-5,8,12,15-17,27H,2-3,6-7,9,11H2,1H3,(H2,26,34)(H,28,29,30,31)/t12-,15-,16?,17+,24?/m1/s1. The van der Waals surface area contributed by atoms with Crippen LogP contribution in [0.2, 0.25) is 0 Å². The number of likely N-dealkylation sites (tertiary alicyclic amines) is 1. The van der Waals surface area contributed by atoms with E-state index in [0.717, 1.165) is 41.0 Å². The highest BCUT2D eigenvalue weighted by Crippen LogP contribution is 2.51. The first-order valence-corrected chi connectivity index (χ1v) is 13.8. The van der Waals surface area contributed by atoms with Gasteiger partial charge in [-0.25, -0.2) is 0 Å². The molecule has 2 amide bonds. The number of carbonyl (C=O) groups excluding carboxylic acids is 2. The first-order chi connectivity index (χ1) is 17.4. The molecule has 0 radical (unpaired) electrons. The second kappa shape index (κ2) is 8.76. The molecule has 4 N–H and O–H groups in total. The highest BCUT2D eigenvalue weighted by atomic mass is 32.1. The van der Waals surface area contributed by atoms with Crippen LogP contribution in [0.25, 0.3) is 0 Å². The number of tetrazole rings is 1. The van der Waals surface area contributed by atoms with Crippen LogP contribution in [0, 0.1) is 17.2 Å². The lowest BCUT2D eigenvalue weighted by Crippen LogP contribution is -2.46. The zero-order chi connectivity index (χ0) is 25.0. The maximum absolute atomic E-state index is 13.1. The molecule has 3 aromatic heterocycles. The maximum Gasteiger partial charge on any atom is 0.258 e. The zero-order valence-corrected chi connectivity index (χ0v) is 21.4. The fourth-order valence-electron chi connectivity index (χ4n) is 6.01. The number of amides is 2. The minimum atomic E-state index is -0.736. The number of aromatic nitrogens is 4. The van der Waals surface area contributed by atoms with Gasteiger partial charge < -0.3 is 16.0 Å². The van der Waals surface area contributed by atoms with Crippen molar-refractivity contribution in [2.75, 3.05) is 6.54 Å². The van der Waals surface area contributed by atoms with E-state index in [1.54, 1.807) is 16.2 Å². The summed E-state index contributed by atoms with van der Waals surface area (Å²) in [5.41, 5.74) is 7.23. The monoisotopic (exact) mass is 522 g/mol. The number of primary amides is 1. The number of fused-ring (bicyclic) bond motifs is 3. The van der Waals surface area contributed by atoms with Crippen molar-refractivity contribution in [3.8, 4) is 6.07 Å². The van der Waals surface area contributed by atoms with Crippen molar-refractivity contribution < 1.29 is 9.59 Å². The Morgan fingerprint density at radius 1 is 1.36 bits per heavy atom. The number of nitrogens with one attached hydrogen (secondary N) is 2. The zero-order valence-electron chi connectivity index (χ0n) is 19.7. The van der Waals surface area contributed by atoms with E-state index in [0.29, 0.717) is 23.0 Å². The van der Waals surface area contributed by atoms with Gasteiger partial charge in [-0.15, -0.1) is 32.9 Å². The molecule has 2 fully saturated rings. The van der Waals surface area contributed by atoms with E-state index >= 15 is 0 Å². The lowest BCUT2D eigenvalue weighted by Gasteiger charge is -2.33. The summed E-state index contributed by atoms with van der Waals surface area (Å²) in [6.07, 6.45) is 3.98. The Kier molecular flexibility index (Phi) is 5.66. The van der Waals surface area contributed by atoms with Gasteiger partial charge in [0.1, 0.15) is 11.5 Å². The predicted octanol–water partition coefficient (Wildman–Crippen LogP) is 1.74. The summed E-state index contributed by atoms with van der Waals surface area (Å²) in [5, 5.41) is 30.3. The van der Waals surface area contributed by atoms with Crippen molar-refractivity contribution in [3.05, 3.63) is 49.1 Å². The van der Waals surface area contributed by atoms with Gasteiger partial charge in [0.05, 0.1) is 17.5 Å². The average Bonchev–Trinajstić information content (AvgIpc) is 3.39. The van der Waals surface area contributed by atoms with Crippen molar-refractivity contribution in [3.63, 3.8) is 0 Å². The van der Waals surface area contributed by atoms with E-state index in [2.05, 4.69) is 43.5 Å². The molecule has 1 saturated heterocycles.